The van der Waals surface area contributed by atoms with Crippen LogP contribution in [0.4, 0.5) is 10.1 Å². The molecule has 0 unspecified atom stereocenters. The predicted octanol–water partition coefficient (Wildman–Crippen LogP) is 1.76. The number of nitrogens with zero attached hydrogens (tertiary/aromatic N) is 1. The van der Waals surface area contributed by atoms with Crippen LogP contribution >= 0.6 is 12.2 Å². The zero-order chi connectivity index (χ0) is 14.3. The van der Waals surface area contributed by atoms with E-state index in [1.807, 2.05) is 11.8 Å². The molecular formula is C13H18FN3OS. The molecule has 0 fully saturated rings. The number of rotatable bonds is 7. The summed E-state index contributed by atoms with van der Waals surface area (Å²) in [5, 5.41) is 2.54. The van der Waals surface area contributed by atoms with E-state index in [1.54, 1.807) is 12.1 Å². The van der Waals surface area contributed by atoms with Crippen LogP contribution < -0.4 is 11.1 Å². The number of hydrogen-bond acceptors (Lipinski definition) is 3. The number of amides is 1. The monoisotopic (exact) mass is 283 g/mol. The van der Waals surface area contributed by atoms with Crippen molar-refractivity contribution in [2.24, 2.45) is 5.73 Å². The molecule has 0 aliphatic heterocycles. The number of hydrogen-bond donors (Lipinski definition) is 2. The van der Waals surface area contributed by atoms with Gasteiger partial charge in [0.2, 0.25) is 5.91 Å². The lowest BCUT2D eigenvalue weighted by atomic mass is 10.3. The molecule has 0 spiro atoms. The fraction of sp³-hybridized carbons (Fsp3) is 0.385. The SMILES string of the molecule is CCN(CCC(N)=S)CC(=O)Nc1ccccc1F. The second-order valence-electron chi connectivity index (χ2n) is 4.11. The maximum atomic E-state index is 13.4. The van der Waals surface area contributed by atoms with Gasteiger partial charge in [0.05, 0.1) is 17.2 Å². The summed E-state index contributed by atoms with van der Waals surface area (Å²) < 4.78 is 13.4. The minimum absolute atomic E-state index is 0.188. The second kappa shape index (κ2) is 7.81. The summed E-state index contributed by atoms with van der Waals surface area (Å²) in [5.41, 5.74) is 5.62. The standard InChI is InChI=1S/C13H18FN3OS/c1-2-17(8-7-12(15)19)9-13(18)16-11-6-4-3-5-10(11)14/h3-6H,2,7-9H2,1H3,(H2,15,19)(H,16,18). The van der Waals surface area contributed by atoms with Gasteiger partial charge < -0.3 is 11.1 Å². The van der Waals surface area contributed by atoms with Gasteiger partial charge in [0.25, 0.3) is 0 Å². The van der Waals surface area contributed by atoms with Crippen LogP contribution in [0.15, 0.2) is 24.3 Å². The van der Waals surface area contributed by atoms with Gasteiger partial charge in [0, 0.05) is 13.0 Å². The van der Waals surface area contributed by atoms with Gasteiger partial charge >= 0.3 is 0 Å². The van der Waals surface area contributed by atoms with Crippen molar-refractivity contribution < 1.29 is 9.18 Å². The molecular weight excluding hydrogens is 265 g/mol. The number of nitrogens with one attached hydrogen (secondary N) is 1. The molecule has 0 radical (unpaired) electrons. The largest absolute Gasteiger partial charge is 0.393 e. The molecule has 0 heterocycles. The van der Waals surface area contributed by atoms with E-state index in [1.165, 1.54) is 12.1 Å². The third-order valence-corrected chi connectivity index (χ3v) is 2.84. The van der Waals surface area contributed by atoms with E-state index in [9.17, 15) is 9.18 Å². The number of nitrogens with two attached hydrogens (primary N) is 1. The van der Waals surface area contributed by atoms with Gasteiger partial charge in [0.15, 0.2) is 0 Å². The van der Waals surface area contributed by atoms with Crippen LogP contribution in [-0.4, -0.2) is 35.4 Å². The molecule has 1 rings (SSSR count). The molecule has 0 aliphatic rings. The van der Waals surface area contributed by atoms with Gasteiger partial charge in [-0.1, -0.05) is 31.3 Å². The van der Waals surface area contributed by atoms with Gasteiger partial charge in [-0.3, -0.25) is 9.69 Å². The first kappa shape index (κ1) is 15.5. The minimum Gasteiger partial charge on any atom is -0.393 e. The van der Waals surface area contributed by atoms with Crippen molar-refractivity contribution in [3.63, 3.8) is 0 Å². The molecule has 1 aromatic rings. The smallest absolute Gasteiger partial charge is 0.238 e. The van der Waals surface area contributed by atoms with Gasteiger partial charge in [-0.15, -0.1) is 0 Å². The van der Waals surface area contributed by atoms with E-state index in [2.05, 4.69) is 5.32 Å². The molecule has 3 N–H and O–H groups in total. The number of carbonyl (C=O) groups is 1. The fourth-order valence-corrected chi connectivity index (χ4v) is 1.66. The highest BCUT2D eigenvalue weighted by Gasteiger charge is 2.11. The van der Waals surface area contributed by atoms with E-state index in [0.717, 1.165) is 0 Å². The summed E-state index contributed by atoms with van der Waals surface area (Å²) in [6, 6.07) is 6.08. The van der Waals surface area contributed by atoms with Gasteiger partial charge in [-0.25, -0.2) is 4.39 Å². The van der Waals surface area contributed by atoms with E-state index < -0.39 is 5.82 Å². The summed E-state index contributed by atoms with van der Waals surface area (Å²) in [5.74, 6) is -0.697. The lowest BCUT2D eigenvalue weighted by Gasteiger charge is -2.19. The van der Waals surface area contributed by atoms with Gasteiger partial charge in [-0.05, 0) is 18.7 Å². The molecule has 0 saturated heterocycles. The van der Waals surface area contributed by atoms with E-state index in [4.69, 9.17) is 18.0 Å². The van der Waals surface area contributed by atoms with Crippen LogP contribution in [-0.2, 0) is 4.79 Å². The Morgan fingerprint density at radius 3 is 2.74 bits per heavy atom. The van der Waals surface area contributed by atoms with Crippen molar-refractivity contribution >= 4 is 28.8 Å². The highest BCUT2D eigenvalue weighted by Crippen LogP contribution is 2.12. The van der Waals surface area contributed by atoms with Crippen molar-refractivity contribution in [2.75, 3.05) is 25.0 Å². The predicted molar refractivity (Wildman–Crippen MR) is 78.5 cm³/mol. The minimum atomic E-state index is -0.443. The Morgan fingerprint density at radius 2 is 2.16 bits per heavy atom. The van der Waals surface area contributed by atoms with Crippen LogP contribution in [0.3, 0.4) is 0 Å². The molecule has 4 nitrogen and oxygen atoms in total. The maximum Gasteiger partial charge on any atom is 0.238 e. The van der Waals surface area contributed by atoms with Crippen molar-refractivity contribution in [1.29, 1.82) is 0 Å². The van der Waals surface area contributed by atoms with Crippen molar-refractivity contribution in [2.45, 2.75) is 13.3 Å². The summed E-state index contributed by atoms with van der Waals surface area (Å²) in [4.78, 5) is 14.1. The van der Waals surface area contributed by atoms with E-state index >= 15 is 0 Å². The highest BCUT2D eigenvalue weighted by atomic mass is 32.1. The number of halogens is 1. The molecule has 6 heteroatoms. The third-order valence-electron chi connectivity index (χ3n) is 2.64. The van der Waals surface area contributed by atoms with Crippen LogP contribution in [0, 0.1) is 5.82 Å². The topological polar surface area (TPSA) is 58.4 Å². The summed E-state index contributed by atoms with van der Waals surface area (Å²) in [6.07, 6.45) is 0.566. The second-order valence-corrected chi connectivity index (χ2v) is 4.64. The highest BCUT2D eigenvalue weighted by molar-refractivity contribution is 7.80. The zero-order valence-electron chi connectivity index (χ0n) is 10.9. The Kier molecular flexibility index (Phi) is 6.38. The number of likely N-dealkylation sites (N-methyl/N-ethyl adjacent to an activating group) is 1. The van der Waals surface area contributed by atoms with Crippen LogP contribution in [0.2, 0.25) is 0 Å². The molecule has 1 aromatic carbocycles. The molecule has 0 saturated carbocycles. The third kappa shape index (κ3) is 5.76. The van der Waals surface area contributed by atoms with Crippen molar-refractivity contribution in [3.8, 4) is 0 Å². The number of carbonyl (C=O) groups excluding carboxylic acids is 1. The molecule has 19 heavy (non-hydrogen) atoms. The molecule has 0 aliphatic carbocycles. The fourth-order valence-electron chi connectivity index (χ4n) is 1.57. The maximum absolute atomic E-state index is 13.4. The van der Waals surface area contributed by atoms with Crippen LogP contribution in [0.25, 0.3) is 0 Å². The average Bonchev–Trinajstić information content (AvgIpc) is 2.37. The molecule has 0 atom stereocenters. The Labute approximate surface area is 117 Å². The number of anilines is 1. The lowest BCUT2D eigenvalue weighted by molar-refractivity contribution is -0.117. The van der Waals surface area contributed by atoms with Crippen molar-refractivity contribution in [3.05, 3.63) is 30.1 Å². The van der Waals surface area contributed by atoms with E-state index in [0.29, 0.717) is 24.5 Å². The quantitative estimate of drug-likeness (QED) is 0.749. The Morgan fingerprint density at radius 1 is 1.47 bits per heavy atom. The first-order chi connectivity index (χ1) is 9.02. The normalized spacial score (nSPS) is 10.5. The van der Waals surface area contributed by atoms with Crippen molar-refractivity contribution in [1.82, 2.24) is 4.90 Å². The Hall–Kier alpha value is -1.53. The zero-order valence-corrected chi connectivity index (χ0v) is 11.7. The number of benzene rings is 1. The van der Waals surface area contributed by atoms with Crippen LogP contribution in [0.1, 0.15) is 13.3 Å². The van der Waals surface area contributed by atoms with E-state index in [-0.39, 0.29) is 18.1 Å². The molecule has 1 amide bonds. The summed E-state index contributed by atoms with van der Waals surface area (Å²) >= 11 is 4.80. The Balaban J connectivity index is 2.49. The lowest BCUT2D eigenvalue weighted by Crippen LogP contribution is -2.35. The average molecular weight is 283 g/mol. The number of thiocarbonyl (C=S) groups is 1. The molecule has 0 bridgehead atoms. The van der Waals surface area contributed by atoms with Gasteiger partial charge in [0.1, 0.15) is 5.82 Å². The van der Waals surface area contributed by atoms with Crippen LogP contribution in [0.5, 0.6) is 0 Å². The first-order valence-electron chi connectivity index (χ1n) is 6.08. The Bertz CT molecular complexity index is 453. The summed E-state index contributed by atoms with van der Waals surface area (Å²) in [7, 11) is 0. The van der Waals surface area contributed by atoms with Gasteiger partial charge in [-0.2, -0.15) is 0 Å². The molecule has 104 valence electrons. The first-order valence-corrected chi connectivity index (χ1v) is 6.48. The number of para-hydroxylation sites is 1. The molecule has 0 aromatic heterocycles. The summed E-state index contributed by atoms with van der Waals surface area (Å²) in [6.45, 7) is 3.45.